The lowest BCUT2D eigenvalue weighted by molar-refractivity contribution is -0.120. The number of nitrogens with one attached hydrogen (secondary N) is 2. The minimum Gasteiger partial charge on any atom is -0.349 e. The van der Waals surface area contributed by atoms with Crippen molar-refractivity contribution in [3.05, 3.63) is 71.0 Å². The largest absolute Gasteiger partial charge is 0.349 e. The summed E-state index contributed by atoms with van der Waals surface area (Å²) in [4.78, 5) is 24.6. The molecule has 8 heteroatoms. The molecule has 0 unspecified atom stereocenters. The standard InChI is InChI=1S/C23H27N5O2S/c1-4-28-20(14-24-21(29)13-18-10-6-5-7-11-18)26-27-23(28)31-15-22(30)25-19-12-8-9-16(2)17(19)3/h5-12H,4,13-15H2,1-3H3,(H,24,29)(H,25,30). The molecule has 1 heterocycles. The molecule has 0 aliphatic heterocycles. The predicted octanol–water partition coefficient (Wildman–Crippen LogP) is 3.50. The molecule has 0 aliphatic rings. The van der Waals surface area contributed by atoms with Crippen LogP contribution in [-0.2, 0) is 29.1 Å². The first-order valence-electron chi connectivity index (χ1n) is 10.2. The molecule has 2 N–H and O–H groups in total. The van der Waals surface area contributed by atoms with E-state index in [2.05, 4.69) is 20.8 Å². The number of aromatic nitrogens is 3. The molecule has 1 aromatic heterocycles. The summed E-state index contributed by atoms with van der Waals surface area (Å²) in [7, 11) is 0. The molecule has 0 bridgehead atoms. The van der Waals surface area contributed by atoms with Crippen LogP contribution in [0.3, 0.4) is 0 Å². The second-order valence-electron chi connectivity index (χ2n) is 7.17. The minimum absolute atomic E-state index is 0.0704. The third kappa shape index (κ3) is 6.18. The fourth-order valence-electron chi connectivity index (χ4n) is 3.10. The Balaban J connectivity index is 1.54. The van der Waals surface area contributed by atoms with Gasteiger partial charge in [-0.25, -0.2) is 0 Å². The van der Waals surface area contributed by atoms with Crippen LogP contribution in [0.2, 0.25) is 0 Å². The van der Waals surface area contributed by atoms with Gasteiger partial charge in [-0.3, -0.25) is 9.59 Å². The van der Waals surface area contributed by atoms with Crippen LogP contribution >= 0.6 is 11.8 Å². The number of aryl methyl sites for hydroxylation is 1. The van der Waals surface area contributed by atoms with Crippen LogP contribution in [0.15, 0.2) is 53.7 Å². The first-order valence-corrected chi connectivity index (χ1v) is 11.2. The molecule has 3 rings (SSSR count). The monoisotopic (exact) mass is 437 g/mol. The molecule has 0 radical (unpaired) electrons. The van der Waals surface area contributed by atoms with E-state index in [0.717, 1.165) is 22.4 Å². The number of carbonyl (C=O) groups excluding carboxylic acids is 2. The summed E-state index contributed by atoms with van der Waals surface area (Å²) < 4.78 is 1.92. The van der Waals surface area contributed by atoms with Crippen molar-refractivity contribution in [1.82, 2.24) is 20.1 Å². The number of hydrogen-bond donors (Lipinski definition) is 2. The van der Waals surface area contributed by atoms with Crippen molar-refractivity contribution in [3.63, 3.8) is 0 Å². The third-order valence-corrected chi connectivity index (χ3v) is 5.94. The van der Waals surface area contributed by atoms with Gasteiger partial charge in [-0.15, -0.1) is 10.2 Å². The van der Waals surface area contributed by atoms with Crippen LogP contribution in [0.1, 0.15) is 29.4 Å². The average molecular weight is 438 g/mol. The van der Waals surface area contributed by atoms with E-state index in [4.69, 9.17) is 0 Å². The highest BCUT2D eigenvalue weighted by atomic mass is 32.2. The maximum absolute atomic E-state index is 12.4. The highest BCUT2D eigenvalue weighted by Gasteiger charge is 2.15. The number of rotatable bonds is 9. The van der Waals surface area contributed by atoms with Gasteiger partial charge in [0.25, 0.3) is 0 Å². The zero-order valence-electron chi connectivity index (χ0n) is 18.0. The average Bonchev–Trinajstić information content (AvgIpc) is 3.16. The van der Waals surface area contributed by atoms with Crippen molar-refractivity contribution in [2.75, 3.05) is 11.1 Å². The van der Waals surface area contributed by atoms with Gasteiger partial charge in [0.2, 0.25) is 11.8 Å². The van der Waals surface area contributed by atoms with E-state index in [9.17, 15) is 9.59 Å². The van der Waals surface area contributed by atoms with E-state index < -0.39 is 0 Å². The second kappa shape index (κ2) is 10.8. The van der Waals surface area contributed by atoms with E-state index in [-0.39, 0.29) is 17.6 Å². The molecule has 0 fully saturated rings. The van der Waals surface area contributed by atoms with Crippen LogP contribution in [-0.4, -0.2) is 32.3 Å². The molecule has 3 aromatic rings. The molecular formula is C23H27N5O2S. The van der Waals surface area contributed by atoms with E-state index in [1.165, 1.54) is 11.8 Å². The highest BCUT2D eigenvalue weighted by molar-refractivity contribution is 7.99. The number of benzene rings is 2. The molecule has 0 aliphatic carbocycles. The van der Waals surface area contributed by atoms with E-state index in [0.29, 0.717) is 30.5 Å². The van der Waals surface area contributed by atoms with Gasteiger partial charge in [-0.2, -0.15) is 0 Å². The maximum atomic E-state index is 12.4. The number of carbonyl (C=O) groups is 2. The van der Waals surface area contributed by atoms with E-state index in [1.54, 1.807) is 0 Å². The maximum Gasteiger partial charge on any atom is 0.234 e. The van der Waals surface area contributed by atoms with Gasteiger partial charge in [0.15, 0.2) is 11.0 Å². The van der Waals surface area contributed by atoms with Crippen LogP contribution in [0.25, 0.3) is 0 Å². The Bertz CT molecular complexity index is 1050. The van der Waals surface area contributed by atoms with Crippen LogP contribution in [0.4, 0.5) is 5.69 Å². The van der Waals surface area contributed by atoms with Gasteiger partial charge < -0.3 is 15.2 Å². The summed E-state index contributed by atoms with van der Waals surface area (Å²) in [5, 5.41) is 14.9. The third-order valence-electron chi connectivity index (χ3n) is 4.97. The Labute approximate surface area is 186 Å². The number of anilines is 1. The highest BCUT2D eigenvalue weighted by Crippen LogP contribution is 2.20. The number of nitrogens with zero attached hydrogens (tertiary/aromatic N) is 3. The van der Waals surface area contributed by atoms with Gasteiger partial charge in [0, 0.05) is 12.2 Å². The summed E-state index contributed by atoms with van der Waals surface area (Å²) >= 11 is 1.33. The Kier molecular flexibility index (Phi) is 7.83. The Morgan fingerprint density at radius 3 is 2.52 bits per heavy atom. The van der Waals surface area contributed by atoms with Gasteiger partial charge in [0.1, 0.15) is 0 Å². The summed E-state index contributed by atoms with van der Waals surface area (Å²) in [5.74, 6) is 0.730. The fourth-order valence-corrected chi connectivity index (χ4v) is 3.92. The Morgan fingerprint density at radius 1 is 1.00 bits per heavy atom. The number of hydrogen-bond acceptors (Lipinski definition) is 5. The van der Waals surface area contributed by atoms with Crippen molar-refractivity contribution >= 4 is 29.3 Å². The van der Waals surface area contributed by atoms with Gasteiger partial charge in [-0.1, -0.05) is 54.2 Å². The van der Waals surface area contributed by atoms with Crippen molar-refractivity contribution in [2.24, 2.45) is 0 Å². The molecule has 0 spiro atoms. The quantitative estimate of drug-likeness (QED) is 0.500. The van der Waals surface area contributed by atoms with E-state index in [1.807, 2.05) is 73.9 Å². The van der Waals surface area contributed by atoms with Crippen LogP contribution in [0, 0.1) is 13.8 Å². The lowest BCUT2D eigenvalue weighted by atomic mass is 10.1. The van der Waals surface area contributed by atoms with Crippen molar-refractivity contribution in [3.8, 4) is 0 Å². The lowest BCUT2D eigenvalue weighted by Gasteiger charge is -2.11. The molecule has 162 valence electrons. The molecule has 0 saturated carbocycles. The molecule has 0 atom stereocenters. The zero-order chi connectivity index (χ0) is 22.2. The van der Waals surface area contributed by atoms with Crippen molar-refractivity contribution < 1.29 is 9.59 Å². The topological polar surface area (TPSA) is 88.9 Å². The molecular weight excluding hydrogens is 410 g/mol. The molecule has 0 saturated heterocycles. The number of amides is 2. The Morgan fingerprint density at radius 2 is 1.77 bits per heavy atom. The Hall–Kier alpha value is -3.13. The lowest BCUT2D eigenvalue weighted by Crippen LogP contribution is -2.26. The number of thioether (sulfide) groups is 1. The normalized spacial score (nSPS) is 10.7. The van der Waals surface area contributed by atoms with Gasteiger partial charge in [-0.05, 0) is 43.5 Å². The first-order chi connectivity index (χ1) is 15.0. The molecule has 7 nitrogen and oxygen atoms in total. The van der Waals surface area contributed by atoms with Crippen molar-refractivity contribution in [2.45, 2.75) is 45.4 Å². The fraction of sp³-hybridized carbons (Fsp3) is 0.304. The zero-order valence-corrected chi connectivity index (χ0v) is 18.8. The minimum atomic E-state index is -0.0953. The predicted molar refractivity (Wildman–Crippen MR) is 123 cm³/mol. The van der Waals surface area contributed by atoms with Crippen LogP contribution < -0.4 is 10.6 Å². The summed E-state index contributed by atoms with van der Waals surface area (Å²) in [6.45, 7) is 6.94. The van der Waals surface area contributed by atoms with E-state index >= 15 is 0 Å². The molecule has 2 amide bonds. The smallest absolute Gasteiger partial charge is 0.234 e. The van der Waals surface area contributed by atoms with Gasteiger partial charge in [0.05, 0.1) is 18.7 Å². The molecule has 31 heavy (non-hydrogen) atoms. The van der Waals surface area contributed by atoms with Crippen LogP contribution in [0.5, 0.6) is 0 Å². The van der Waals surface area contributed by atoms with Crippen molar-refractivity contribution in [1.29, 1.82) is 0 Å². The summed E-state index contributed by atoms with van der Waals surface area (Å²) in [6.07, 6.45) is 0.321. The second-order valence-corrected chi connectivity index (χ2v) is 8.11. The summed E-state index contributed by atoms with van der Waals surface area (Å²) in [5.41, 5.74) is 3.98. The summed E-state index contributed by atoms with van der Waals surface area (Å²) in [6, 6.07) is 15.4. The SMILES string of the molecule is CCn1c(CNC(=O)Cc2ccccc2)nnc1SCC(=O)Nc1cccc(C)c1C. The molecule has 2 aromatic carbocycles. The van der Waals surface area contributed by atoms with Gasteiger partial charge >= 0.3 is 0 Å². The first kappa shape index (κ1) is 22.6.